The van der Waals surface area contributed by atoms with Crippen molar-refractivity contribution in [2.75, 3.05) is 10.2 Å². The van der Waals surface area contributed by atoms with E-state index in [0.717, 1.165) is 39.0 Å². The van der Waals surface area contributed by atoms with Crippen LogP contribution in [0.5, 0.6) is 0 Å². The Balaban J connectivity index is 1.07. The second-order valence-electron chi connectivity index (χ2n) is 13.0. The van der Waals surface area contributed by atoms with Crippen molar-refractivity contribution in [3.05, 3.63) is 122 Å². The highest BCUT2D eigenvalue weighted by molar-refractivity contribution is 8.00. The number of aromatic nitrogens is 1. The van der Waals surface area contributed by atoms with Gasteiger partial charge in [0.25, 0.3) is 0 Å². The zero-order chi connectivity index (χ0) is 32.8. The van der Waals surface area contributed by atoms with Crippen molar-refractivity contribution < 1.29 is 18.8 Å². The van der Waals surface area contributed by atoms with Crippen LogP contribution in [0, 0.1) is 35.4 Å². The minimum atomic E-state index is -0.462. The summed E-state index contributed by atoms with van der Waals surface area (Å²) in [6.45, 7) is -0.167. The average molecular weight is 696 g/mol. The van der Waals surface area contributed by atoms with Crippen LogP contribution in [0.25, 0.3) is 10.8 Å². The molecule has 3 fully saturated rings. The fraction of sp³-hybridized carbons (Fsp3) is 0.243. The van der Waals surface area contributed by atoms with Gasteiger partial charge >= 0.3 is 4.87 Å². The third kappa shape index (κ3) is 4.53. The zero-order valence-electron chi connectivity index (χ0n) is 25.2. The molecule has 48 heavy (non-hydrogen) atoms. The highest BCUT2D eigenvalue weighted by Crippen LogP contribution is 2.69. The van der Waals surface area contributed by atoms with Crippen molar-refractivity contribution in [3.8, 4) is 0 Å². The lowest BCUT2D eigenvalue weighted by molar-refractivity contribution is -0.123. The molecule has 4 aliphatic rings. The molecule has 1 N–H and O–H groups in total. The van der Waals surface area contributed by atoms with Gasteiger partial charge in [-0.05, 0) is 89.0 Å². The highest BCUT2D eigenvalue weighted by Gasteiger charge is 2.69. The van der Waals surface area contributed by atoms with E-state index in [-0.39, 0.29) is 63.9 Å². The first kappa shape index (κ1) is 29.9. The molecular weight excluding hydrogens is 669 g/mol. The number of imide groups is 1. The first-order valence-electron chi connectivity index (χ1n) is 15.8. The van der Waals surface area contributed by atoms with Crippen molar-refractivity contribution in [2.24, 2.45) is 29.6 Å². The normalized spacial score (nSPS) is 26.9. The average Bonchev–Trinajstić information content (AvgIpc) is 3.80. The number of fused-ring (bicyclic) bond motifs is 10. The van der Waals surface area contributed by atoms with E-state index in [9.17, 15) is 23.6 Å². The third-order valence-electron chi connectivity index (χ3n) is 10.6. The fourth-order valence-electron chi connectivity index (χ4n) is 8.75. The Morgan fingerprint density at radius 3 is 2.33 bits per heavy atom. The Morgan fingerprint density at radius 2 is 1.58 bits per heavy atom. The largest absolute Gasteiger partial charge is 0.325 e. The topological polar surface area (TPSA) is 88.5 Å². The molecule has 240 valence electrons. The maximum absolute atomic E-state index is 14.1. The molecule has 7 nitrogen and oxygen atoms in total. The monoisotopic (exact) mass is 695 g/mol. The number of rotatable bonds is 5. The molecule has 0 spiro atoms. The predicted molar refractivity (Wildman–Crippen MR) is 185 cm³/mol. The van der Waals surface area contributed by atoms with E-state index >= 15 is 0 Å². The van der Waals surface area contributed by atoms with Gasteiger partial charge in [-0.2, -0.15) is 0 Å². The van der Waals surface area contributed by atoms with Gasteiger partial charge in [0.1, 0.15) is 12.4 Å². The Hall–Kier alpha value is -4.25. The molecule has 7 unspecified atom stereocenters. The fourth-order valence-corrected chi connectivity index (χ4v) is 12.0. The second kappa shape index (κ2) is 11.1. The molecule has 7 atom stereocenters. The van der Waals surface area contributed by atoms with Crippen molar-refractivity contribution in [3.63, 3.8) is 0 Å². The Bertz CT molecular complexity index is 2220. The van der Waals surface area contributed by atoms with Crippen molar-refractivity contribution >= 4 is 74.6 Å². The minimum Gasteiger partial charge on any atom is -0.325 e. The summed E-state index contributed by atoms with van der Waals surface area (Å²) in [7, 11) is 0. The van der Waals surface area contributed by atoms with Crippen LogP contribution in [0.3, 0.4) is 0 Å². The molecule has 1 aromatic heterocycles. The van der Waals surface area contributed by atoms with E-state index in [1.54, 1.807) is 52.7 Å². The number of amides is 3. The number of halogens is 2. The quantitative estimate of drug-likeness (QED) is 0.197. The number of carbonyl (C=O) groups excluding carboxylic acids is 3. The second-order valence-corrected chi connectivity index (χ2v) is 15.6. The summed E-state index contributed by atoms with van der Waals surface area (Å²) in [6, 6.07) is 26.7. The van der Waals surface area contributed by atoms with Crippen LogP contribution in [0.2, 0.25) is 5.02 Å². The predicted octanol–water partition coefficient (Wildman–Crippen LogP) is 7.17. The number of thioether (sulfide) groups is 1. The molecular formula is C37H27ClFN3O4S2. The summed E-state index contributed by atoms with van der Waals surface area (Å²) in [5.41, 5.74) is 2.01. The van der Waals surface area contributed by atoms with Gasteiger partial charge < -0.3 is 5.32 Å². The van der Waals surface area contributed by atoms with Crippen LogP contribution in [0.4, 0.5) is 15.8 Å². The van der Waals surface area contributed by atoms with Crippen LogP contribution >= 0.6 is 34.7 Å². The molecule has 2 aliphatic carbocycles. The molecule has 5 aromatic rings. The molecule has 9 rings (SSSR count). The van der Waals surface area contributed by atoms with Crippen molar-refractivity contribution in [1.29, 1.82) is 0 Å². The zero-order valence-corrected chi connectivity index (χ0v) is 27.6. The van der Waals surface area contributed by atoms with Crippen molar-refractivity contribution in [2.45, 2.75) is 29.2 Å². The summed E-state index contributed by atoms with van der Waals surface area (Å²) in [5, 5.41) is 6.17. The van der Waals surface area contributed by atoms with Gasteiger partial charge in [-0.15, -0.1) is 11.8 Å². The molecule has 2 bridgehead atoms. The number of carbonyl (C=O) groups is 3. The molecule has 3 heterocycles. The third-order valence-corrected chi connectivity index (χ3v) is 13.6. The molecule has 4 aromatic carbocycles. The van der Waals surface area contributed by atoms with Gasteiger partial charge in [0, 0.05) is 26.8 Å². The van der Waals surface area contributed by atoms with Crippen LogP contribution < -0.4 is 15.1 Å². The number of hydrogen-bond acceptors (Lipinski definition) is 6. The summed E-state index contributed by atoms with van der Waals surface area (Å²) in [4.78, 5) is 56.9. The standard InChI is InChI=1S/C37H27ClFN3O4S2/c38-21-8-13-24(14-9-21)42-34(44)30-25-16-26(31(30)35(42)45)32-29(25)28(19-5-10-22(39)11-6-19)33-36(47-32)41(37(46)48-33)17-27(43)40-23-12-7-18-3-1-2-4-20(18)15-23/h1-15,25-26,28-32H,16-17H2,(H,40,43). The number of thiazole rings is 1. The van der Waals surface area contributed by atoms with E-state index < -0.39 is 11.8 Å². The molecule has 11 heteroatoms. The number of benzene rings is 4. The number of anilines is 2. The first-order valence-corrected chi connectivity index (χ1v) is 17.9. The maximum Gasteiger partial charge on any atom is 0.308 e. The number of hydrogen-bond donors (Lipinski definition) is 1. The Kier molecular flexibility index (Phi) is 6.94. The van der Waals surface area contributed by atoms with Crippen LogP contribution in [0.1, 0.15) is 22.8 Å². The van der Waals surface area contributed by atoms with E-state index in [4.69, 9.17) is 11.6 Å². The summed E-state index contributed by atoms with van der Waals surface area (Å²) < 4.78 is 15.7. The van der Waals surface area contributed by atoms with Crippen LogP contribution in [-0.4, -0.2) is 27.5 Å². The van der Waals surface area contributed by atoms with E-state index in [2.05, 4.69) is 5.32 Å². The van der Waals surface area contributed by atoms with Gasteiger partial charge in [0.05, 0.1) is 22.5 Å². The molecule has 1 saturated heterocycles. The van der Waals surface area contributed by atoms with Gasteiger partial charge in [-0.3, -0.25) is 28.6 Å². The van der Waals surface area contributed by atoms with E-state index in [1.807, 2.05) is 42.5 Å². The maximum atomic E-state index is 14.1. The smallest absolute Gasteiger partial charge is 0.308 e. The number of nitrogens with zero attached hydrogens (tertiary/aromatic N) is 2. The molecule has 3 amide bonds. The summed E-state index contributed by atoms with van der Waals surface area (Å²) >= 11 is 8.77. The Morgan fingerprint density at radius 1 is 0.875 bits per heavy atom. The Labute approximate surface area is 287 Å². The summed E-state index contributed by atoms with van der Waals surface area (Å²) in [5.74, 6) is -2.49. The lowest BCUT2D eigenvalue weighted by atomic mass is 9.68. The van der Waals surface area contributed by atoms with Crippen LogP contribution in [0.15, 0.2) is 101 Å². The molecule has 0 radical (unpaired) electrons. The first-order chi connectivity index (χ1) is 23.3. The van der Waals surface area contributed by atoms with Gasteiger partial charge in [-0.25, -0.2) is 4.39 Å². The van der Waals surface area contributed by atoms with Crippen LogP contribution in [-0.2, 0) is 20.9 Å². The van der Waals surface area contributed by atoms with Gasteiger partial charge in [0.15, 0.2) is 0 Å². The molecule has 2 aliphatic heterocycles. The lowest BCUT2D eigenvalue weighted by Gasteiger charge is -2.43. The summed E-state index contributed by atoms with van der Waals surface area (Å²) in [6.07, 6.45) is 0.725. The minimum absolute atomic E-state index is 0.0425. The number of nitrogens with one attached hydrogen (secondary N) is 1. The molecule has 2 saturated carbocycles. The highest BCUT2D eigenvalue weighted by atomic mass is 35.5. The van der Waals surface area contributed by atoms with E-state index in [1.165, 1.54) is 17.0 Å². The van der Waals surface area contributed by atoms with Crippen molar-refractivity contribution in [1.82, 2.24) is 4.57 Å². The van der Waals surface area contributed by atoms with Gasteiger partial charge in [0.2, 0.25) is 17.7 Å². The lowest BCUT2D eigenvalue weighted by Crippen LogP contribution is -2.43. The van der Waals surface area contributed by atoms with E-state index in [0.29, 0.717) is 21.4 Å². The SMILES string of the molecule is O=C(Cn1c2c(sc1=O)C(c1ccc(F)cc1)C1C3CC(C1S2)C1C(=O)N(c2ccc(Cl)cc2)C(=O)C31)Nc1ccc2ccccc2c1. The van der Waals surface area contributed by atoms with Gasteiger partial charge in [-0.1, -0.05) is 65.4 Å².